The number of rotatable bonds is 5. The van der Waals surface area contributed by atoms with Gasteiger partial charge in [0, 0.05) is 12.1 Å². The van der Waals surface area contributed by atoms with E-state index in [4.69, 9.17) is 9.84 Å². The van der Waals surface area contributed by atoms with E-state index < -0.39 is 36.3 Å². The van der Waals surface area contributed by atoms with Gasteiger partial charge in [-0.1, -0.05) is 6.42 Å². The van der Waals surface area contributed by atoms with Crippen molar-refractivity contribution < 1.29 is 32.5 Å². The summed E-state index contributed by atoms with van der Waals surface area (Å²) >= 11 is 0. The average molecular weight is 319 g/mol. The Morgan fingerprint density at radius 3 is 2.77 bits per heavy atom. The van der Waals surface area contributed by atoms with Crippen LogP contribution in [-0.2, 0) is 15.7 Å². The van der Waals surface area contributed by atoms with E-state index in [1.54, 1.807) is 0 Å². The molecule has 0 saturated heterocycles. The maximum atomic E-state index is 13.0. The zero-order valence-corrected chi connectivity index (χ0v) is 11.9. The van der Waals surface area contributed by atoms with Gasteiger partial charge >= 0.3 is 12.1 Å². The lowest BCUT2D eigenvalue weighted by Crippen LogP contribution is -2.21. The number of carbonyl (C=O) groups is 1. The van der Waals surface area contributed by atoms with E-state index in [-0.39, 0.29) is 5.92 Å². The summed E-state index contributed by atoms with van der Waals surface area (Å²) in [7, 11) is 1.13. The number of ether oxygens (including phenoxy) is 2. The molecule has 1 N–H and O–H groups in total. The van der Waals surface area contributed by atoms with E-state index in [2.05, 4.69) is 9.72 Å². The summed E-state index contributed by atoms with van der Waals surface area (Å²) in [5, 5.41) is 8.65. The average Bonchev–Trinajstić information content (AvgIpc) is 2.91. The molecule has 1 fully saturated rings. The van der Waals surface area contributed by atoms with Gasteiger partial charge in [0.25, 0.3) is 0 Å². The molecule has 0 aromatic carbocycles. The molecule has 0 radical (unpaired) electrons. The lowest BCUT2D eigenvalue weighted by molar-refractivity contribution is -0.144. The molecule has 22 heavy (non-hydrogen) atoms. The quantitative estimate of drug-likeness (QED) is 0.904. The van der Waals surface area contributed by atoms with Crippen LogP contribution in [0.2, 0.25) is 0 Å². The number of hydrogen-bond acceptors (Lipinski definition) is 4. The molecule has 0 amide bonds. The number of methoxy groups -OCH3 is 1. The molecule has 5 nitrogen and oxygen atoms in total. The molecule has 2 atom stereocenters. The predicted octanol–water partition coefficient (Wildman–Crippen LogP) is 2.85. The Morgan fingerprint density at radius 2 is 2.18 bits per heavy atom. The van der Waals surface area contributed by atoms with Gasteiger partial charge in [-0.15, -0.1) is 0 Å². The Labute approximate surface area is 125 Å². The van der Waals surface area contributed by atoms with Crippen LogP contribution in [0.15, 0.2) is 12.3 Å². The van der Waals surface area contributed by atoms with Crippen LogP contribution in [-0.4, -0.2) is 35.9 Å². The number of halogens is 3. The zero-order valence-electron chi connectivity index (χ0n) is 11.9. The third-order valence-electron chi connectivity index (χ3n) is 3.67. The van der Waals surface area contributed by atoms with Crippen LogP contribution in [0.1, 0.15) is 36.3 Å². The van der Waals surface area contributed by atoms with E-state index in [9.17, 15) is 18.0 Å². The molecule has 1 saturated carbocycles. The first-order valence-electron chi connectivity index (χ1n) is 6.77. The maximum Gasteiger partial charge on any atom is 0.421 e. The third kappa shape index (κ3) is 3.68. The number of carboxylic acids is 1. The molecule has 0 aliphatic heterocycles. The van der Waals surface area contributed by atoms with Crippen molar-refractivity contribution in [2.45, 2.75) is 37.5 Å². The minimum atomic E-state index is -4.57. The van der Waals surface area contributed by atoms with Crippen LogP contribution < -0.4 is 4.74 Å². The fourth-order valence-corrected chi connectivity index (χ4v) is 2.72. The molecule has 0 spiro atoms. The molecule has 1 aromatic rings. The summed E-state index contributed by atoms with van der Waals surface area (Å²) < 4.78 is 49.0. The minimum absolute atomic E-state index is 0.293. The summed E-state index contributed by atoms with van der Waals surface area (Å²) in [5.41, 5.74) is -0.544. The lowest BCUT2D eigenvalue weighted by Gasteiger charge is -2.21. The second-order valence-electron chi connectivity index (χ2n) is 5.10. The normalized spacial score (nSPS) is 21.8. The van der Waals surface area contributed by atoms with Crippen molar-refractivity contribution >= 4 is 5.97 Å². The number of alkyl halides is 3. The Kier molecular flexibility index (Phi) is 4.90. The summed E-state index contributed by atoms with van der Waals surface area (Å²) in [4.78, 5) is 14.3. The monoisotopic (exact) mass is 319 g/mol. The lowest BCUT2D eigenvalue weighted by atomic mass is 9.96. The van der Waals surface area contributed by atoms with Gasteiger partial charge in [0.05, 0.1) is 13.2 Å². The number of hydrogen-bond donors (Lipinski definition) is 1. The second-order valence-corrected chi connectivity index (χ2v) is 5.10. The molecule has 0 bridgehead atoms. The molecule has 1 aromatic heterocycles. The predicted molar refractivity (Wildman–Crippen MR) is 69.8 cm³/mol. The van der Waals surface area contributed by atoms with Crippen molar-refractivity contribution in [3.8, 4) is 5.88 Å². The first-order chi connectivity index (χ1) is 10.3. The smallest absolute Gasteiger partial charge is 0.421 e. The van der Waals surface area contributed by atoms with Gasteiger partial charge in [-0.3, -0.25) is 0 Å². The number of aliphatic carboxylic acids is 1. The van der Waals surface area contributed by atoms with Crippen molar-refractivity contribution in [3.05, 3.63) is 23.4 Å². The van der Waals surface area contributed by atoms with Crippen LogP contribution in [0.4, 0.5) is 13.2 Å². The Bertz CT molecular complexity index is 547. The molecule has 122 valence electrons. The zero-order chi connectivity index (χ0) is 16.3. The fourth-order valence-electron chi connectivity index (χ4n) is 2.72. The van der Waals surface area contributed by atoms with Crippen molar-refractivity contribution in [3.63, 3.8) is 0 Å². The van der Waals surface area contributed by atoms with Gasteiger partial charge in [-0.2, -0.15) is 13.2 Å². The highest BCUT2D eigenvalue weighted by Gasteiger charge is 2.37. The molecular weight excluding hydrogens is 303 g/mol. The van der Waals surface area contributed by atoms with Gasteiger partial charge in [-0.05, 0) is 24.5 Å². The van der Waals surface area contributed by atoms with E-state index in [1.165, 1.54) is 6.20 Å². The second kappa shape index (κ2) is 6.51. The van der Waals surface area contributed by atoms with Crippen molar-refractivity contribution in [2.24, 2.45) is 0 Å². The van der Waals surface area contributed by atoms with Crippen LogP contribution in [0.5, 0.6) is 5.88 Å². The molecule has 1 aliphatic rings. The van der Waals surface area contributed by atoms with Gasteiger partial charge in [0.2, 0.25) is 5.88 Å². The molecule has 2 rings (SSSR count). The third-order valence-corrected chi connectivity index (χ3v) is 3.67. The number of carboxylic acid groups (broad SMARTS) is 1. The molecule has 1 aliphatic carbocycles. The SMILES string of the molecule is COc1ncc([C@H]2CCCC2OCC(=O)O)cc1C(F)(F)F. The van der Waals surface area contributed by atoms with E-state index >= 15 is 0 Å². The number of pyridine rings is 1. The van der Waals surface area contributed by atoms with Gasteiger partial charge in [-0.25, -0.2) is 9.78 Å². The highest BCUT2D eigenvalue weighted by atomic mass is 19.4. The molecular formula is C14H16F3NO4. The van der Waals surface area contributed by atoms with Crippen LogP contribution >= 0.6 is 0 Å². The minimum Gasteiger partial charge on any atom is -0.481 e. The maximum absolute atomic E-state index is 13.0. The highest BCUT2D eigenvalue weighted by molar-refractivity contribution is 5.68. The standard InChI is InChI=1S/C14H16F3NO4/c1-21-13-10(14(15,16)17)5-8(6-18-13)9-3-2-4-11(9)22-7-12(19)20/h5-6,9,11H,2-4,7H2,1H3,(H,19,20)/t9-,11?/m1/s1. The highest BCUT2D eigenvalue weighted by Crippen LogP contribution is 2.41. The Hall–Kier alpha value is -1.83. The number of nitrogens with zero attached hydrogens (tertiary/aromatic N) is 1. The van der Waals surface area contributed by atoms with Crippen molar-refractivity contribution in [1.29, 1.82) is 0 Å². The van der Waals surface area contributed by atoms with Crippen molar-refractivity contribution in [1.82, 2.24) is 4.98 Å². The molecule has 1 unspecified atom stereocenters. The largest absolute Gasteiger partial charge is 0.481 e. The van der Waals surface area contributed by atoms with Gasteiger partial charge < -0.3 is 14.6 Å². The van der Waals surface area contributed by atoms with Crippen LogP contribution in [0.3, 0.4) is 0 Å². The summed E-state index contributed by atoms with van der Waals surface area (Å²) in [6.45, 7) is -0.461. The summed E-state index contributed by atoms with van der Waals surface area (Å²) in [6.07, 6.45) is -1.62. The number of aromatic nitrogens is 1. The molecule has 1 heterocycles. The van der Waals surface area contributed by atoms with E-state index in [0.29, 0.717) is 18.4 Å². The summed E-state index contributed by atoms with van der Waals surface area (Å²) in [5.74, 6) is -1.87. The first-order valence-corrected chi connectivity index (χ1v) is 6.77. The van der Waals surface area contributed by atoms with Crippen molar-refractivity contribution in [2.75, 3.05) is 13.7 Å². The Morgan fingerprint density at radius 1 is 1.45 bits per heavy atom. The first kappa shape index (κ1) is 16.5. The van der Waals surface area contributed by atoms with E-state index in [1.807, 2.05) is 0 Å². The fraction of sp³-hybridized carbons (Fsp3) is 0.571. The molecule has 8 heteroatoms. The Balaban J connectivity index is 2.26. The topological polar surface area (TPSA) is 68.7 Å². The summed E-state index contributed by atoms with van der Waals surface area (Å²) in [6, 6.07) is 1.01. The van der Waals surface area contributed by atoms with Gasteiger partial charge in [0.1, 0.15) is 12.2 Å². The van der Waals surface area contributed by atoms with Gasteiger partial charge in [0.15, 0.2) is 0 Å². The van der Waals surface area contributed by atoms with Crippen LogP contribution in [0, 0.1) is 0 Å². The van der Waals surface area contributed by atoms with Crippen LogP contribution in [0.25, 0.3) is 0 Å². The van der Waals surface area contributed by atoms with E-state index in [0.717, 1.165) is 19.6 Å².